The molecule has 1 aliphatic heterocycles. The summed E-state index contributed by atoms with van der Waals surface area (Å²) in [5, 5.41) is 6.52. The number of nitrogens with zero attached hydrogens (tertiary/aromatic N) is 2. The largest absolute Gasteiger partial charge is 0.356 e. The third-order valence-electron chi connectivity index (χ3n) is 4.26. The van der Waals surface area contributed by atoms with Gasteiger partial charge in [-0.3, -0.25) is 9.89 Å². The van der Waals surface area contributed by atoms with Crippen molar-refractivity contribution in [2.75, 3.05) is 33.2 Å². The van der Waals surface area contributed by atoms with Crippen LogP contribution in [0.2, 0.25) is 0 Å². The Morgan fingerprint density at radius 2 is 2.00 bits per heavy atom. The maximum atomic E-state index is 13.1. The van der Waals surface area contributed by atoms with Gasteiger partial charge in [0.1, 0.15) is 11.6 Å². The van der Waals surface area contributed by atoms with Crippen LogP contribution in [0.5, 0.6) is 0 Å². The molecule has 0 amide bonds. The fourth-order valence-electron chi connectivity index (χ4n) is 3.06. The lowest BCUT2D eigenvalue weighted by Crippen LogP contribution is -2.45. The zero-order valence-corrected chi connectivity index (χ0v) is 13.9. The van der Waals surface area contributed by atoms with Crippen molar-refractivity contribution in [3.05, 3.63) is 35.4 Å². The van der Waals surface area contributed by atoms with Crippen LogP contribution in [0.1, 0.15) is 25.3 Å². The predicted molar refractivity (Wildman–Crippen MR) is 89.7 cm³/mol. The first kappa shape index (κ1) is 17.7. The minimum Gasteiger partial charge on any atom is -0.356 e. The van der Waals surface area contributed by atoms with Crippen molar-refractivity contribution in [1.29, 1.82) is 0 Å². The monoisotopic (exact) mass is 324 g/mol. The molecule has 1 fully saturated rings. The number of nitrogens with one attached hydrogen (secondary N) is 2. The van der Waals surface area contributed by atoms with Crippen molar-refractivity contribution in [2.24, 2.45) is 4.99 Å². The maximum absolute atomic E-state index is 13.1. The van der Waals surface area contributed by atoms with Crippen molar-refractivity contribution in [3.63, 3.8) is 0 Å². The molecule has 0 saturated carbocycles. The van der Waals surface area contributed by atoms with Gasteiger partial charge in [-0.05, 0) is 50.0 Å². The second-order valence-corrected chi connectivity index (χ2v) is 5.83. The van der Waals surface area contributed by atoms with E-state index in [4.69, 9.17) is 0 Å². The van der Waals surface area contributed by atoms with E-state index in [1.807, 2.05) is 0 Å². The molecular weight excluding hydrogens is 298 g/mol. The summed E-state index contributed by atoms with van der Waals surface area (Å²) >= 11 is 0. The quantitative estimate of drug-likeness (QED) is 0.622. The molecule has 0 aromatic heterocycles. The van der Waals surface area contributed by atoms with Crippen molar-refractivity contribution < 1.29 is 8.78 Å². The lowest BCUT2D eigenvalue weighted by molar-refractivity contribution is 0.267. The molecule has 1 atom stereocenters. The van der Waals surface area contributed by atoms with Gasteiger partial charge < -0.3 is 10.6 Å². The molecule has 1 aromatic carbocycles. The Hall–Kier alpha value is -1.69. The number of benzene rings is 1. The summed E-state index contributed by atoms with van der Waals surface area (Å²) in [6.45, 7) is 5.86. The molecule has 1 saturated heterocycles. The van der Waals surface area contributed by atoms with Gasteiger partial charge in [-0.2, -0.15) is 0 Å². The topological polar surface area (TPSA) is 39.7 Å². The molecule has 128 valence electrons. The van der Waals surface area contributed by atoms with E-state index in [0.29, 0.717) is 24.6 Å². The van der Waals surface area contributed by atoms with Crippen LogP contribution in [0.25, 0.3) is 0 Å². The Bertz CT molecular complexity index is 513. The van der Waals surface area contributed by atoms with Crippen LogP contribution < -0.4 is 10.6 Å². The number of halogens is 2. The van der Waals surface area contributed by atoms with Gasteiger partial charge in [0.15, 0.2) is 5.96 Å². The number of hydrogen-bond donors (Lipinski definition) is 2. The first-order valence-electron chi connectivity index (χ1n) is 8.26. The molecule has 0 bridgehead atoms. The first-order valence-corrected chi connectivity index (χ1v) is 8.26. The van der Waals surface area contributed by atoms with Crippen LogP contribution in [-0.4, -0.2) is 50.1 Å². The SMILES string of the molecule is CCN1CCCC1CNC(=NC)NCCc1cc(F)cc(F)c1. The molecule has 0 spiro atoms. The van der Waals surface area contributed by atoms with E-state index in [-0.39, 0.29) is 0 Å². The molecule has 0 radical (unpaired) electrons. The molecule has 6 heteroatoms. The van der Waals surface area contributed by atoms with Gasteiger partial charge in [-0.1, -0.05) is 6.92 Å². The zero-order valence-electron chi connectivity index (χ0n) is 13.9. The summed E-state index contributed by atoms with van der Waals surface area (Å²) in [5.41, 5.74) is 0.637. The summed E-state index contributed by atoms with van der Waals surface area (Å²) in [6.07, 6.45) is 3.00. The Kier molecular flexibility index (Phi) is 6.77. The molecule has 0 aliphatic carbocycles. The summed E-state index contributed by atoms with van der Waals surface area (Å²) < 4.78 is 26.3. The summed E-state index contributed by atoms with van der Waals surface area (Å²) in [5.74, 6) is -0.350. The summed E-state index contributed by atoms with van der Waals surface area (Å²) in [6, 6.07) is 4.16. The van der Waals surface area contributed by atoms with E-state index in [2.05, 4.69) is 27.4 Å². The van der Waals surface area contributed by atoms with Crippen molar-refractivity contribution in [3.8, 4) is 0 Å². The van der Waals surface area contributed by atoms with Gasteiger partial charge in [-0.15, -0.1) is 0 Å². The molecule has 4 nitrogen and oxygen atoms in total. The highest BCUT2D eigenvalue weighted by Crippen LogP contribution is 2.15. The smallest absolute Gasteiger partial charge is 0.191 e. The van der Waals surface area contributed by atoms with Crippen LogP contribution in [0, 0.1) is 11.6 Å². The fourth-order valence-corrected chi connectivity index (χ4v) is 3.06. The Morgan fingerprint density at radius 3 is 2.65 bits per heavy atom. The standard InChI is InChI=1S/C17H26F2N4/c1-3-23-8-4-5-16(23)12-22-17(20-2)21-7-6-13-9-14(18)11-15(19)10-13/h9-11,16H,3-8,12H2,1-2H3,(H2,20,21,22). The first-order chi connectivity index (χ1) is 11.1. The second-order valence-electron chi connectivity index (χ2n) is 5.83. The predicted octanol–water partition coefficient (Wildman–Crippen LogP) is 2.16. The highest BCUT2D eigenvalue weighted by atomic mass is 19.1. The molecule has 1 aliphatic rings. The Balaban J connectivity index is 1.74. The highest BCUT2D eigenvalue weighted by Gasteiger charge is 2.22. The van der Waals surface area contributed by atoms with Gasteiger partial charge in [0.05, 0.1) is 0 Å². The van der Waals surface area contributed by atoms with Gasteiger partial charge in [0, 0.05) is 32.2 Å². The molecule has 23 heavy (non-hydrogen) atoms. The van der Waals surface area contributed by atoms with E-state index in [1.165, 1.54) is 31.5 Å². The van der Waals surface area contributed by atoms with Crippen molar-refractivity contribution in [1.82, 2.24) is 15.5 Å². The zero-order chi connectivity index (χ0) is 16.7. The average molecular weight is 324 g/mol. The van der Waals surface area contributed by atoms with Crippen LogP contribution >= 0.6 is 0 Å². The normalized spacial score (nSPS) is 19.1. The molecule has 1 unspecified atom stereocenters. The van der Waals surface area contributed by atoms with E-state index in [1.54, 1.807) is 7.05 Å². The number of rotatable bonds is 6. The third-order valence-corrected chi connectivity index (χ3v) is 4.26. The lowest BCUT2D eigenvalue weighted by atomic mass is 10.1. The van der Waals surface area contributed by atoms with E-state index in [9.17, 15) is 8.78 Å². The summed E-state index contributed by atoms with van der Waals surface area (Å²) in [7, 11) is 1.73. The Labute approximate surface area is 137 Å². The van der Waals surface area contributed by atoms with Crippen LogP contribution in [0.3, 0.4) is 0 Å². The number of aliphatic imine (C=N–C) groups is 1. The highest BCUT2D eigenvalue weighted by molar-refractivity contribution is 5.79. The molecule has 2 rings (SSSR count). The number of likely N-dealkylation sites (tertiary alicyclic amines) is 1. The maximum Gasteiger partial charge on any atom is 0.191 e. The van der Waals surface area contributed by atoms with E-state index in [0.717, 1.165) is 25.1 Å². The number of guanidine groups is 1. The van der Waals surface area contributed by atoms with E-state index < -0.39 is 11.6 Å². The molecular formula is C17H26F2N4. The van der Waals surface area contributed by atoms with Crippen LogP contribution in [0.15, 0.2) is 23.2 Å². The van der Waals surface area contributed by atoms with Crippen molar-refractivity contribution >= 4 is 5.96 Å². The number of likely N-dealkylation sites (N-methyl/N-ethyl adjacent to an activating group) is 1. The minimum absolute atomic E-state index is 0.539. The average Bonchev–Trinajstić information content (AvgIpc) is 2.97. The van der Waals surface area contributed by atoms with Crippen molar-refractivity contribution in [2.45, 2.75) is 32.2 Å². The lowest BCUT2D eigenvalue weighted by Gasteiger charge is -2.24. The van der Waals surface area contributed by atoms with E-state index >= 15 is 0 Å². The second kappa shape index (κ2) is 8.82. The van der Waals surface area contributed by atoms with Gasteiger partial charge in [0.25, 0.3) is 0 Å². The minimum atomic E-state index is -0.539. The molecule has 2 N–H and O–H groups in total. The van der Waals surface area contributed by atoms with Gasteiger partial charge in [-0.25, -0.2) is 8.78 Å². The molecule has 1 heterocycles. The fraction of sp³-hybridized carbons (Fsp3) is 0.588. The Morgan fingerprint density at radius 1 is 1.26 bits per heavy atom. The van der Waals surface area contributed by atoms with Crippen LogP contribution in [-0.2, 0) is 6.42 Å². The molecule has 1 aromatic rings. The number of hydrogen-bond acceptors (Lipinski definition) is 2. The van der Waals surface area contributed by atoms with Crippen LogP contribution in [0.4, 0.5) is 8.78 Å². The third kappa shape index (κ3) is 5.46. The van der Waals surface area contributed by atoms with Gasteiger partial charge >= 0.3 is 0 Å². The summed E-state index contributed by atoms with van der Waals surface area (Å²) in [4.78, 5) is 6.66. The van der Waals surface area contributed by atoms with Gasteiger partial charge in [0.2, 0.25) is 0 Å².